The van der Waals surface area contributed by atoms with Gasteiger partial charge in [0.25, 0.3) is 0 Å². The van der Waals surface area contributed by atoms with Crippen LogP contribution in [0.3, 0.4) is 0 Å². The van der Waals surface area contributed by atoms with Crippen LogP contribution in [0.2, 0.25) is 0 Å². The lowest BCUT2D eigenvalue weighted by Crippen LogP contribution is -2.55. The van der Waals surface area contributed by atoms with Crippen molar-refractivity contribution < 1.29 is 0 Å². The Labute approximate surface area is 108 Å². The molecule has 0 saturated heterocycles. The number of rotatable bonds is 6. The van der Waals surface area contributed by atoms with E-state index in [4.69, 9.17) is 5.73 Å². The van der Waals surface area contributed by atoms with Crippen LogP contribution in [0.4, 0.5) is 0 Å². The summed E-state index contributed by atoms with van der Waals surface area (Å²) in [5, 5.41) is 0. The van der Waals surface area contributed by atoms with Crippen LogP contribution in [-0.4, -0.2) is 30.1 Å². The Balaban J connectivity index is 2.70. The van der Waals surface area contributed by atoms with Crippen molar-refractivity contribution in [3.63, 3.8) is 0 Å². The average molecular weight is 240 g/mol. The van der Waals surface area contributed by atoms with Gasteiger partial charge in [0.1, 0.15) is 0 Å². The summed E-state index contributed by atoms with van der Waals surface area (Å²) < 4.78 is 0. The Morgan fingerprint density at radius 2 is 1.71 bits per heavy atom. The van der Waals surface area contributed by atoms with Gasteiger partial charge in [0.2, 0.25) is 0 Å². The number of nitrogens with zero attached hydrogens (tertiary/aromatic N) is 1. The Morgan fingerprint density at radius 1 is 1.12 bits per heavy atom. The van der Waals surface area contributed by atoms with E-state index in [0.717, 1.165) is 12.6 Å². The van der Waals surface area contributed by atoms with Crippen LogP contribution in [0, 0.1) is 0 Å². The van der Waals surface area contributed by atoms with Gasteiger partial charge < -0.3 is 5.73 Å². The van der Waals surface area contributed by atoms with E-state index in [1.165, 1.54) is 57.8 Å². The van der Waals surface area contributed by atoms with E-state index in [0.29, 0.717) is 0 Å². The summed E-state index contributed by atoms with van der Waals surface area (Å²) in [5.41, 5.74) is 6.36. The molecule has 0 aromatic rings. The normalized spacial score (nSPS) is 22.4. The molecule has 2 N–H and O–H groups in total. The van der Waals surface area contributed by atoms with Crippen molar-refractivity contribution in [1.29, 1.82) is 0 Å². The van der Waals surface area contributed by atoms with E-state index in [1.807, 2.05) is 0 Å². The van der Waals surface area contributed by atoms with E-state index < -0.39 is 0 Å². The van der Waals surface area contributed by atoms with Gasteiger partial charge in [-0.25, -0.2) is 0 Å². The van der Waals surface area contributed by atoms with Crippen molar-refractivity contribution in [2.45, 2.75) is 83.2 Å². The van der Waals surface area contributed by atoms with Crippen LogP contribution < -0.4 is 5.73 Å². The van der Waals surface area contributed by atoms with Crippen LogP contribution in [0.1, 0.15) is 71.6 Å². The molecule has 0 spiro atoms. The third-order valence-electron chi connectivity index (χ3n) is 4.87. The first-order chi connectivity index (χ1) is 8.20. The topological polar surface area (TPSA) is 29.3 Å². The number of hydrogen-bond donors (Lipinski definition) is 1. The minimum Gasteiger partial charge on any atom is -0.329 e. The lowest BCUT2D eigenvalue weighted by Gasteiger charge is -2.45. The molecule has 0 radical (unpaired) electrons. The van der Waals surface area contributed by atoms with Gasteiger partial charge in [-0.3, -0.25) is 4.90 Å². The van der Waals surface area contributed by atoms with Gasteiger partial charge in [-0.1, -0.05) is 46.0 Å². The molecule has 1 saturated carbocycles. The van der Waals surface area contributed by atoms with Gasteiger partial charge in [0.05, 0.1) is 0 Å². The molecule has 1 atom stereocenters. The highest BCUT2D eigenvalue weighted by Crippen LogP contribution is 2.30. The summed E-state index contributed by atoms with van der Waals surface area (Å²) in [5.74, 6) is 0. The van der Waals surface area contributed by atoms with E-state index in [2.05, 4.69) is 25.8 Å². The lowest BCUT2D eigenvalue weighted by molar-refractivity contribution is 0.0565. The van der Waals surface area contributed by atoms with Crippen molar-refractivity contribution in [2.75, 3.05) is 13.6 Å². The fourth-order valence-electron chi connectivity index (χ4n) is 3.49. The standard InChI is InChI=1S/C15H32N2/c1-4-12-15(5-2,13-16)17(3)14-10-8-6-7-9-11-14/h14H,4-13,16H2,1-3H3. The summed E-state index contributed by atoms with van der Waals surface area (Å²) in [6.45, 7) is 5.39. The number of hydrogen-bond acceptors (Lipinski definition) is 2. The molecule has 1 unspecified atom stereocenters. The first-order valence-electron chi connectivity index (χ1n) is 7.63. The molecule has 1 rings (SSSR count). The van der Waals surface area contributed by atoms with Crippen molar-refractivity contribution >= 4 is 0 Å². The fraction of sp³-hybridized carbons (Fsp3) is 1.00. The monoisotopic (exact) mass is 240 g/mol. The maximum atomic E-state index is 6.11. The first-order valence-corrected chi connectivity index (χ1v) is 7.63. The predicted molar refractivity (Wildman–Crippen MR) is 76.2 cm³/mol. The minimum atomic E-state index is 0.254. The summed E-state index contributed by atoms with van der Waals surface area (Å²) in [7, 11) is 2.32. The summed E-state index contributed by atoms with van der Waals surface area (Å²) in [4.78, 5) is 2.64. The average Bonchev–Trinajstić information content (AvgIpc) is 2.64. The Hall–Kier alpha value is -0.0800. The van der Waals surface area contributed by atoms with E-state index in [9.17, 15) is 0 Å². The van der Waals surface area contributed by atoms with Gasteiger partial charge in [-0.15, -0.1) is 0 Å². The summed E-state index contributed by atoms with van der Waals surface area (Å²) >= 11 is 0. The van der Waals surface area contributed by atoms with Gasteiger partial charge >= 0.3 is 0 Å². The molecule has 102 valence electrons. The van der Waals surface area contributed by atoms with Crippen molar-refractivity contribution in [3.8, 4) is 0 Å². The van der Waals surface area contributed by atoms with E-state index >= 15 is 0 Å². The van der Waals surface area contributed by atoms with Crippen LogP contribution in [0.25, 0.3) is 0 Å². The van der Waals surface area contributed by atoms with E-state index in [1.54, 1.807) is 0 Å². The summed E-state index contributed by atoms with van der Waals surface area (Å²) in [6.07, 6.45) is 12.1. The van der Waals surface area contributed by atoms with Crippen molar-refractivity contribution in [3.05, 3.63) is 0 Å². The number of likely N-dealkylation sites (N-methyl/N-ethyl adjacent to an activating group) is 1. The highest BCUT2D eigenvalue weighted by molar-refractivity contribution is 4.92. The Morgan fingerprint density at radius 3 is 2.12 bits per heavy atom. The molecule has 0 aromatic heterocycles. The van der Waals surface area contributed by atoms with Crippen LogP contribution >= 0.6 is 0 Å². The third kappa shape index (κ3) is 3.69. The van der Waals surface area contributed by atoms with Crippen molar-refractivity contribution in [2.24, 2.45) is 5.73 Å². The van der Waals surface area contributed by atoms with Gasteiger partial charge in [-0.05, 0) is 32.7 Å². The minimum absolute atomic E-state index is 0.254. The molecule has 2 nitrogen and oxygen atoms in total. The molecule has 0 aromatic carbocycles. The zero-order valence-corrected chi connectivity index (χ0v) is 12.2. The zero-order valence-electron chi connectivity index (χ0n) is 12.2. The fourth-order valence-corrected chi connectivity index (χ4v) is 3.49. The molecule has 0 aliphatic heterocycles. The maximum Gasteiger partial charge on any atom is 0.0328 e. The molecule has 0 bridgehead atoms. The molecule has 17 heavy (non-hydrogen) atoms. The second-order valence-electron chi connectivity index (χ2n) is 5.79. The van der Waals surface area contributed by atoms with Gasteiger partial charge in [0, 0.05) is 18.1 Å². The smallest absolute Gasteiger partial charge is 0.0328 e. The second-order valence-corrected chi connectivity index (χ2v) is 5.79. The largest absolute Gasteiger partial charge is 0.329 e. The third-order valence-corrected chi connectivity index (χ3v) is 4.87. The molecule has 1 aliphatic carbocycles. The van der Waals surface area contributed by atoms with Crippen LogP contribution in [-0.2, 0) is 0 Å². The molecule has 0 amide bonds. The summed E-state index contributed by atoms with van der Waals surface area (Å²) in [6, 6.07) is 0.771. The molecule has 0 heterocycles. The SMILES string of the molecule is CCCC(CC)(CN)N(C)C1CCCCCC1. The molecular formula is C15H32N2. The lowest BCUT2D eigenvalue weighted by atomic mass is 9.86. The Kier molecular flexibility index (Phi) is 6.50. The zero-order chi connectivity index (χ0) is 12.7. The predicted octanol–water partition coefficient (Wildman–Crippen LogP) is 3.55. The van der Waals surface area contributed by atoms with Crippen LogP contribution in [0.5, 0.6) is 0 Å². The van der Waals surface area contributed by atoms with Gasteiger partial charge in [-0.2, -0.15) is 0 Å². The molecule has 1 fully saturated rings. The maximum absolute atomic E-state index is 6.11. The number of nitrogens with two attached hydrogens (primary N) is 1. The Bertz CT molecular complexity index is 191. The quantitative estimate of drug-likeness (QED) is 0.719. The van der Waals surface area contributed by atoms with E-state index in [-0.39, 0.29) is 5.54 Å². The molecule has 2 heteroatoms. The second kappa shape index (κ2) is 7.38. The molecular weight excluding hydrogens is 208 g/mol. The molecule has 1 aliphatic rings. The van der Waals surface area contributed by atoms with Gasteiger partial charge in [0.15, 0.2) is 0 Å². The first kappa shape index (κ1) is 15.0. The highest BCUT2D eigenvalue weighted by Gasteiger charge is 2.34. The highest BCUT2D eigenvalue weighted by atomic mass is 15.2. The van der Waals surface area contributed by atoms with Crippen LogP contribution in [0.15, 0.2) is 0 Å². The van der Waals surface area contributed by atoms with Crippen molar-refractivity contribution in [1.82, 2.24) is 4.90 Å².